The van der Waals surface area contributed by atoms with Gasteiger partial charge in [-0.1, -0.05) is 13.8 Å². The second-order valence-electron chi connectivity index (χ2n) is 8.92. The number of hydrogen-bond acceptors (Lipinski definition) is 5. The summed E-state index contributed by atoms with van der Waals surface area (Å²) in [5.74, 6) is -0.156. The van der Waals surface area contributed by atoms with Gasteiger partial charge in [0.05, 0.1) is 11.1 Å². The molecule has 1 saturated heterocycles. The summed E-state index contributed by atoms with van der Waals surface area (Å²) >= 11 is 0. The summed E-state index contributed by atoms with van der Waals surface area (Å²) in [7, 11) is 0. The fourth-order valence-electron chi connectivity index (χ4n) is 3.48. The minimum absolute atomic E-state index is 0.0290. The zero-order chi connectivity index (χ0) is 22.1. The number of rotatable bonds is 6. The molecular formula is C22H29N3O5. The lowest BCUT2D eigenvalue weighted by Crippen LogP contribution is -2.43. The van der Waals surface area contributed by atoms with E-state index in [1.54, 1.807) is 23.1 Å². The summed E-state index contributed by atoms with van der Waals surface area (Å²) in [5.41, 5.74) is 0.413. The third-order valence-electron chi connectivity index (χ3n) is 5.33. The van der Waals surface area contributed by atoms with Crippen molar-refractivity contribution in [1.29, 1.82) is 0 Å². The fraction of sp³-hybridized carbons (Fsp3) is 0.545. The Hall–Kier alpha value is -2.90. The van der Waals surface area contributed by atoms with Crippen LogP contribution in [0.15, 0.2) is 18.2 Å². The van der Waals surface area contributed by atoms with Crippen molar-refractivity contribution in [2.75, 3.05) is 29.9 Å². The first kappa shape index (κ1) is 21.8. The van der Waals surface area contributed by atoms with Crippen LogP contribution in [-0.4, -0.2) is 48.2 Å². The van der Waals surface area contributed by atoms with Gasteiger partial charge in [-0.3, -0.25) is 24.1 Å². The maximum atomic E-state index is 13.2. The lowest BCUT2D eigenvalue weighted by molar-refractivity contribution is -0.141. The first-order chi connectivity index (χ1) is 14.1. The van der Waals surface area contributed by atoms with Gasteiger partial charge in [0.1, 0.15) is 18.9 Å². The van der Waals surface area contributed by atoms with E-state index in [0.29, 0.717) is 29.6 Å². The van der Waals surface area contributed by atoms with E-state index in [1.165, 1.54) is 0 Å². The van der Waals surface area contributed by atoms with E-state index in [9.17, 15) is 19.2 Å². The zero-order valence-electron chi connectivity index (χ0n) is 18.0. The average Bonchev–Trinajstić information content (AvgIpc) is 2.94. The molecule has 2 aliphatic rings. The number of nitrogens with zero attached hydrogens (tertiary/aromatic N) is 2. The van der Waals surface area contributed by atoms with E-state index in [1.807, 2.05) is 13.8 Å². The Bertz CT molecular complexity index is 862. The monoisotopic (exact) mass is 415 g/mol. The SMILES string of the molecule is CC(C)CCN1C(=O)C(C)(C)COc2ccc(NC(=O)CN3C(=O)CCC3=O)cc21. The van der Waals surface area contributed by atoms with Crippen LogP contribution >= 0.6 is 0 Å². The van der Waals surface area contributed by atoms with Gasteiger partial charge in [-0.25, -0.2) is 0 Å². The number of ether oxygens (including phenoxy) is 1. The van der Waals surface area contributed by atoms with E-state index in [0.717, 1.165) is 11.3 Å². The quantitative estimate of drug-likeness (QED) is 0.721. The molecule has 0 aliphatic carbocycles. The molecule has 0 atom stereocenters. The number of anilines is 2. The Balaban J connectivity index is 1.82. The molecule has 1 aromatic rings. The van der Waals surface area contributed by atoms with Crippen LogP contribution in [0.4, 0.5) is 11.4 Å². The highest BCUT2D eigenvalue weighted by molar-refractivity contribution is 6.06. The van der Waals surface area contributed by atoms with Crippen molar-refractivity contribution >= 4 is 35.0 Å². The predicted octanol–water partition coefficient (Wildman–Crippen LogP) is 2.57. The summed E-state index contributed by atoms with van der Waals surface area (Å²) in [6.07, 6.45) is 1.12. The summed E-state index contributed by atoms with van der Waals surface area (Å²) in [4.78, 5) is 51.7. The molecule has 0 unspecified atom stereocenters. The Kier molecular flexibility index (Phi) is 6.14. The number of carbonyl (C=O) groups is 4. The van der Waals surface area contributed by atoms with Crippen molar-refractivity contribution < 1.29 is 23.9 Å². The number of benzene rings is 1. The molecule has 1 N–H and O–H groups in total. The molecule has 0 aromatic heterocycles. The van der Waals surface area contributed by atoms with E-state index >= 15 is 0 Å². The van der Waals surface area contributed by atoms with Crippen LogP contribution in [0.5, 0.6) is 5.75 Å². The van der Waals surface area contributed by atoms with Crippen LogP contribution in [-0.2, 0) is 19.2 Å². The molecule has 162 valence electrons. The molecule has 0 bridgehead atoms. The van der Waals surface area contributed by atoms with Gasteiger partial charge in [0.25, 0.3) is 0 Å². The van der Waals surface area contributed by atoms with Gasteiger partial charge in [0.15, 0.2) is 0 Å². The third kappa shape index (κ3) is 4.63. The van der Waals surface area contributed by atoms with Gasteiger partial charge in [0, 0.05) is 25.1 Å². The average molecular weight is 415 g/mol. The van der Waals surface area contributed by atoms with Crippen LogP contribution < -0.4 is 15.0 Å². The van der Waals surface area contributed by atoms with Crippen LogP contribution in [0.3, 0.4) is 0 Å². The maximum absolute atomic E-state index is 13.2. The molecule has 2 heterocycles. The number of fused-ring (bicyclic) bond motifs is 1. The van der Waals surface area contributed by atoms with Crippen LogP contribution in [0.2, 0.25) is 0 Å². The second kappa shape index (κ2) is 8.45. The molecule has 8 nitrogen and oxygen atoms in total. The molecule has 0 radical (unpaired) electrons. The number of nitrogens with one attached hydrogen (secondary N) is 1. The molecule has 2 aliphatic heterocycles. The highest BCUT2D eigenvalue weighted by Gasteiger charge is 2.38. The zero-order valence-corrected chi connectivity index (χ0v) is 18.0. The first-order valence-electron chi connectivity index (χ1n) is 10.3. The van der Waals surface area contributed by atoms with Crippen molar-refractivity contribution in [3.8, 4) is 5.75 Å². The smallest absolute Gasteiger partial charge is 0.244 e. The number of hydrogen-bond donors (Lipinski definition) is 1. The maximum Gasteiger partial charge on any atom is 0.244 e. The Morgan fingerprint density at radius 3 is 2.43 bits per heavy atom. The Morgan fingerprint density at radius 2 is 1.80 bits per heavy atom. The summed E-state index contributed by atoms with van der Waals surface area (Å²) in [6.45, 7) is 8.41. The minimum Gasteiger partial charge on any atom is -0.490 e. The fourth-order valence-corrected chi connectivity index (χ4v) is 3.48. The van der Waals surface area contributed by atoms with Gasteiger partial charge >= 0.3 is 0 Å². The highest BCUT2D eigenvalue weighted by Crippen LogP contribution is 2.38. The molecular weight excluding hydrogens is 386 g/mol. The molecule has 3 rings (SSSR count). The number of imide groups is 1. The van der Waals surface area contributed by atoms with Crippen molar-refractivity contribution in [3.63, 3.8) is 0 Å². The van der Waals surface area contributed by atoms with E-state index in [-0.39, 0.29) is 43.7 Å². The normalized spacial score (nSPS) is 18.4. The number of carbonyl (C=O) groups excluding carboxylic acids is 4. The van der Waals surface area contributed by atoms with Gasteiger partial charge < -0.3 is 15.0 Å². The molecule has 8 heteroatoms. The van der Waals surface area contributed by atoms with E-state index in [2.05, 4.69) is 19.2 Å². The highest BCUT2D eigenvalue weighted by atomic mass is 16.5. The van der Waals surface area contributed by atoms with Crippen molar-refractivity contribution in [2.45, 2.75) is 47.0 Å². The van der Waals surface area contributed by atoms with E-state index < -0.39 is 11.3 Å². The van der Waals surface area contributed by atoms with Crippen LogP contribution in [0.1, 0.15) is 47.0 Å². The first-order valence-corrected chi connectivity index (χ1v) is 10.3. The lowest BCUT2D eigenvalue weighted by Gasteiger charge is -2.28. The van der Waals surface area contributed by atoms with Crippen molar-refractivity contribution in [2.24, 2.45) is 11.3 Å². The molecule has 4 amide bonds. The minimum atomic E-state index is -0.671. The molecule has 1 aromatic carbocycles. The number of likely N-dealkylation sites (tertiary alicyclic amines) is 1. The lowest BCUT2D eigenvalue weighted by atomic mass is 9.92. The van der Waals surface area contributed by atoms with Crippen LogP contribution in [0.25, 0.3) is 0 Å². The third-order valence-corrected chi connectivity index (χ3v) is 5.33. The topological polar surface area (TPSA) is 96.0 Å². The summed E-state index contributed by atoms with van der Waals surface area (Å²) in [5, 5.41) is 2.72. The van der Waals surface area contributed by atoms with Crippen molar-refractivity contribution in [1.82, 2.24) is 4.90 Å². The standard InChI is InChI=1S/C22H29N3O5/c1-14(2)9-10-24-16-11-15(5-6-17(16)30-13-22(3,4)21(24)29)23-18(26)12-25-19(27)7-8-20(25)28/h5-6,11,14H,7-10,12-13H2,1-4H3,(H,23,26). The Labute approximate surface area is 176 Å². The van der Waals surface area contributed by atoms with Gasteiger partial charge in [0.2, 0.25) is 23.6 Å². The molecule has 0 saturated carbocycles. The Morgan fingerprint density at radius 1 is 1.13 bits per heavy atom. The largest absolute Gasteiger partial charge is 0.490 e. The van der Waals surface area contributed by atoms with Crippen molar-refractivity contribution in [3.05, 3.63) is 18.2 Å². The summed E-state index contributed by atoms with van der Waals surface area (Å²) < 4.78 is 5.89. The van der Waals surface area contributed by atoms with Gasteiger partial charge in [-0.15, -0.1) is 0 Å². The summed E-state index contributed by atoms with van der Waals surface area (Å²) in [6, 6.07) is 5.13. The van der Waals surface area contributed by atoms with E-state index in [4.69, 9.17) is 4.74 Å². The number of amides is 4. The van der Waals surface area contributed by atoms with Gasteiger partial charge in [-0.2, -0.15) is 0 Å². The van der Waals surface area contributed by atoms with Crippen LogP contribution in [0, 0.1) is 11.3 Å². The molecule has 0 spiro atoms. The van der Waals surface area contributed by atoms with Gasteiger partial charge in [-0.05, 0) is 44.4 Å². The second-order valence-corrected chi connectivity index (χ2v) is 8.92. The molecule has 1 fully saturated rings. The molecule has 30 heavy (non-hydrogen) atoms. The predicted molar refractivity (Wildman–Crippen MR) is 112 cm³/mol.